The van der Waals surface area contributed by atoms with Crippen LogP contribution in [0.1, 0.15) is 33.5 Å². The molecule has 0 spiro atoms. The molecule has 1 saturated heterocycles. The second-order valence-electron chi connectivity index (χ2n) is 11.3. The summed E-state index contributed by atoms with van der Waals surface area (Å²) >= 11 is 0. The highest BCUT2D eigenvalue weighted by atomic mass is 16.5. The number of nitrogens with zero attached hydrogens (tertiary/aromatic N) is 1. The number of urea groups is 1. The number of likely N-dealkylation sites (tertiary alicyclic amines) is 1. The first-order valence-electron chi connectivity index (χ1n) is 15.2. The second-order valence-corrected chi connectivity index (χ2v) is 11.3. The van der Waals surface area contributed by atoms with Crippen molar-refractivity contribution >= 4 is 35.0 Å². The Labute approximate surface area is 273 Å². The Bertz CT molecular complexity index is 1730. The summed E-state index contributed by atoms with van der Waals surface area (Å²) in [5.74, 6) is -0.449. The van der Waals surface area contributed by atoms with E-state index >= 15 is 0 Å². The summed E-state index contributed by atoms with van der Waals surface area (Å²) in [7, 11) is 1.50. The fraction of sp³-hybridized carbons (Fsp3) is 0.250. The Morgan fingerprint density at radius 2 is 1.64 bits per heavy atom. The van der Waals surface area contributed by atoms with E-state index in [1.54, 1.807) is 23.1 Å². The number of aryl methyl sites for hydroxylation is 1. The lowest BCUT2D eigenvalue weighted by Gasteiger charge is -2.25. The fourth-order valence-electron chi connectivity index (χ4n) is 5.46. The van der Waals surface area contributed by atoms with Crippen molar-refractivity contribution in [3.05, 3.63) is 113 Å². The molecule has 47 heavy (non-hydrogen) atoms. The molecule has 0 bridgehead atoms. The SMILES string of the molecule is COc1cc(CC(=O)N2C[C@H](OCc3ccccc3)C[C@H]2COc2ccc(C(=O)O)cc2N)ccc1NC(=O)Nc1ccccc1C. The van der Waals surface area contributed by atoms with E-state index in [9.17, 15) is 19.5 Å². The molecule has 1 aliphatic heterocycles. The number of nitrogens with two attached hydrogens (primary N) is 1. The number of carboxylic acids is 1. The number of rotatable bonds is 12. The lowest BCUT2D eigenvalue weighted by Crippen LogP contribution is -2.40. The molecule has 2 atom stereocenters. The normalized spacial score (nSPS) is 15.6. The van der Waals surface area contributed by atoms with Crippen molar-refractivity contribution in [1.29, 1.82) is 0 Å². The summed E-state index contributed by atoms with van der Waals surface area (Å²) in [6, 6.07) is 26.1. The number of anilines is 3. The summed E-state index contributed by atoms with van der Waals surface area (Å²) < 4.78 is 17.8. The number of ether oxygens (including phenoxy) is 3. The molecular weight excluding hydrogens is 600 g/mol. The number of para-hydroxylation sites is 1. The third kappa shape index (κ3) is 8.59. The Morgan fingerprint density at radius 1 is 0.894 bits per heavy atom. The van der Waals surface area contributed by atoms with Crippen molar-refractivity contribution in [1.82, 2.24) is 4.90 Å². The molecule has 0 saturated carbocycles. The summed E-state index contributed by atoms with van der Waals surface area (Å²) in [5, 5.41) is 14.9. The van der Waals surface area contributed by atoms with Crippen molar-refractivity contribution in [3.8, 4) is 11.5 Å². The van der Waals surface area contributed by atoms with Crippen LogP contribution >= 0.6 is 0 Å². The van der Waals surface area contributed by atoms with E-state index < -0.39 is 12.0 Å². The van der Waals surface area contributed by atoms with Crippen molar-refractivity contribution in [2.75, 3.05) is 36.6 Å². The van der Waals surface area contributed by atoms with Crippen LogP contribution < -0.4 is 25.8 Å². The quantitative estimate of drug-likeness (QED) is 0.144. The molecule has 0 radical (unpaired) electrons. The van der Waals surface area contributed by atoms with Crippen LogP contribution in [0.3, 0.4) is 0 Å². The third-order valence-electron chi connectivity index (χ3n) is 7.98. The molecule has 11 nitrogen and oxygen atoms in total. The molecule has 4 aromatic carbocycles. The van der Waals surface area contributed by atoms with Gasteiger partial charge in [-0.05, 0) is 66.4 Å². The summed E-state index contributed by atoms with van der Waals surface area (Å²) in [6.45, 7) is 2.84. The van der Waals surface area contributed by atoms with Crippen molar-refractivity contribution in [2.45, 2.75) is 38.5 Å². The van der Waals surface area contributed by atoms with Gasteiger partial charge in [-0.25, -0.2) is 9.59 Å². The van der Waals surface area contributed by atoms with Gasteiger partial charge in [0.2, 0.25) is 5.91 Å². The smallest absolute Gasteiger partial charge is 0.335 e. The number of nitrogen functional groups attached to an aromatic ring is 1. The van der Waals surface area contributed by atoms with Gasteiger partial charge in [0.1, 0.15) is 18.1 Å². The highest BCUT2D eigenvalue weighted by Crippen LogP contribution is 2.29. The first-order valence-corrected chi connectivity index (χ1v) is 15.2. The van der Waals surface area contributed by atoms with Gasteiger partial charge in [-0.3, -0.25) is 4.79 Å². The van der Waals surface area contributed by atoms with E-state index in [0.29, 0.717) is 48.0 Å². The number of hydrogen-bond donors (Lipinski definition) is 4. The van der Waals surface area contributed by atoms with E-state index in [0.717, 1.165) is 11.1 Å². The largest absolute Gasteiger partial charge is 0.495 e. The van der Waals surface area contributed by atoms with E-state index in [2.05, 4.69) is 10.6 Å². The number of benzene rings is 4. The van der Waals surface area contributed by atoms with Gasteiger partial charge in [-0.2, -0.15) is 0 Å². The molecule has 11 heteroatoms. The van der Waals surface area contributed by atoms with Gasteiger partial charge in [0.15, 0.2) is 0 Å². The molecule has 5 rings (SSSR count). The molecule has 244 valence electrons. The van der Waals surface area contributed by atoms with Crippen LogP contribution in [-0.2, 0) is 22.6 Å². The lowest BCUT2D eigenvalue weighted by atomic mass is 10.1. The van der Waals surface area contributed by atoms with E-state index in [1.165, 1.54) is 25.3 Å². The maximum Gasteiger partial charge on any atom is 0.335 e. The molecule has 0 unspecified atom stereocenters. The Morgan fingerprint density at radius 3 is 2.36 bits per heavy atom. The zero-order chi connectivity index (χ0) is 33.3. The van der Waals surface area contributed by atoms with Crippen molar-refractivity contribution in [3.63, 3.8) is 0 Å². The molecule has 1 fully saturated rings. The second kappa shape index (κ2) is 15.2. The van der Waals surface area contributed by atoms with E-state index in [1.807, 2.05) is 61.5 Å². The van der Waals surface area contributed by atoms with Crippen molar-refractivity contribution < 1.29 is 33.7 Å². The van der Waals surface area contributed by atoms with Gasteiger partial charge in [0.25, 0.3) is 0 Å². The first kappa shape index (κ1) is 32.8. The van der Waals surface area contributed by atoms with Crippen LogP contribution in [-0.4, -0.2) is 60.3 Å². The van der Waals surface area contributed by atoms with Gasteiger partial charge >= 0.3 is 12.0 Å². The zero-order valence-electron chi connectivity index (χ0n) is 26.3. The maximum absolute atomic E-state index is 13.7. The molecule has 4 aromatic rings. The molecule has 1 aliphatic rings. The monoisotopic (exact) mass is 638 g/mol. The topological polar surface area (TPSA) is 152 Å². The lowest BCUT2D eigenvalue weighted by molar-refractivity contribution is -0.132. The van der Waals surface area contributed by atoms with Crippen LogP contribution in [0.15, 0.2) is 91.0 Å². The third-order valence-corrected chi connectivity index (χ3v) is 7.98. The Hall–Kier alpha value is -5.55. The van der Waals surface area contributed by atoms with Crippen LogP contribution in [0.5, 0.6) is 11.5 Å². The molecule has 1 heterocycles. The van der Waals surface area contributed by atoms with Crippen molar-refractivity contribution in [2.24, 2.45) is 0 Å². The number of carbonyl (C=O) groups excluding carboxylic acids is 2. The highest BCUT2D eigenvalue weighted by Gasteiger charge is 2.36. The molecule has 0 aliphatic carbocycles. The summed E-state index contributed by atoms with van der Waals surface area (Å²) in [6.07, 6.45) is 0.421. The van der Waals surface area contributed by atoms with Gasteiger partial charge < -0.3 is 40.6 Å². The number of methoxy groups -OCH3 is 1. The minimum atomic E-state index is -1.08. The Balaban J connectivity index is 1.26. The fourth-order valence-corrected chi connectivity index (χ4v) is 5.46. The first-order chi connectivity index (χ1) is 22.7. The predicted octanol–water partition coefficient (Wildman–Crippen LogP) is 5.74. The van der Waals surface area contributed by atoms with Crippen LogP contribution in [0.25, 0.3) is 0 Å². The van der Waals surface area contributed by atoms with Crippen LogP contribution in [0.2, 0.25) is 0 Å². The average molecular weight is 639 g/mol. The summed E-state index contributed by atoms with van der Waals surface area (Å²) in [5.41, 5.74) is 10.1. The van der Waals surface area contributed by atoms with E-state index in [4.69, 9.17) is 19.9 Å². The standard InChI is InChI=1S/C36H38N4O7/c1-23-8-6-7-11-30(23)38-36(44)39-31-14-12-25(16-33(31)45-2)17-34(41)40-20-28(46-21-24-9-4-3-5-10-24)19-27(40)22-47-32-15-13-26(35(42)43)18-29(32)37/h3-16,18,27-28H,17,19-22,37H2,1-2H3,(H,42,43)(H2,38,39,44)/t27-,28+/m0/s1. The van der Waals surface area contributed by atoms with Gasteiger partial charge in [0, 0.05) is 12.2 Å². The van der Waals surface area contributed by atoms with Crippen LogP contribution in [0, 0.1) is 6.92 Å². The number of amides is 3. The minimum Gasteiger partial charge on any atom is -0.495 e. The van der Waals surface area contributed by atoms with Gasteiger partial charge in [-0.1, -0.05) is 54.6 Å². The van der Waals surface area contributed by atoms with E-state index in [-0.39, 0.29) is 42.3 Å². The predicted molar refractivity (Wildman–Crippen MR) is 179 cm³/mol. The average Bonchev–Trinajstić information content (AvgIpc) is 3.48. The molecular formula is C36H38N4O7. The molecule has 3 amide bonds. The molecule has 0 aromatic heterocycles. The number of hydrogen-bond acceptors (Lipinski definition) is 7. The zero-order valence-corrected chi connectivity index (χ0v) is 26.3. The number of nitrogens with one attached hydrogen (secondary N) is 2. The van der Waals surface area contributed by atoms with Crippen LogP contribution in [0.4, 0.5) is 21.9 Å². The summed E-state index contributed by atoms with van der Waals surface area (Å²) in [4.78, 5) is 39.5. The maximum atomic E-state index is 13.7. The molecule has 5 N–H and O–H groups in total. The van der Waals surface area contributed by atoms with Gasteiger partial charge in [-0.15, -0.1) is 0 Å². The number of carboxylic acid groups (broad SMARTS) is 1. The Kier molecular flexibility index (Phi) is 10.6. The highest BCUT2D eigenvalue weighted by molar-refractivity contribution is 6.01. The minimum absolute atomic E-state index is 0.0606. The van der Waals surface area contributed by atoms with Gasteiger partial charge in [0.05, 0.1) is 49.2 Å². The number of aromatic carboxylic acids is 1. The number of carbonyl (C=O) groups is 3.